The number of carbonyl (C=O) groups is 2. The van der Waals surface area contributed by atoms with Crippen LogP contribution in [-0.2, 0) is 22.6 Å². The molecule has 1 aliphatic heterocycles. The topological polar surface area (TPSA) is 84.0 Å². The molecule has 4 N–H and O–H groups in total. The van der Waals surface area contributed by atoms with Crippen molar-refractivity contribution in [1.29, 1.82) is 0 Å². The molecule has 1 heterocycles. The number of fused-ring (bicyclic) bond motifs is 1. The number of amides is 2. The zero-order valence-corrected chi connectivity index (χ0v) is 17.3. The third-order valence-electron chi connectivity index (χ3n) is 5.19. The smallest absolute Gasteiger partial charge is 0.279 e. The number of benzene rings is 2. The van der Waals surface area contributed by atoms with Crippen molar-refractivity contribution in [2.75, 3.05) is 12.4 Å². The number of rotatable bonds is 7. The third kappa shape index (κ3) is 5.57. The first-order valence-electron chi connectivity index (χ1n) is 10.1. The molecule has 0 unspecified atom stereocenters. The van der Waals surface area contributed by atoms with Crippen LogP contribution >= 0.6 is 0 Å². The highest BCUT2D eigenvalue weighted by Gasteiger charge is 2.31. The fourth-order valence-electron chi connectivity index (χ4n) is 3.66. The van der Waals surface area contributed by atoms with Crippen molar-refractivity contribution in [3.63, 3.8) is 0 Å². The molecular weight excluding hydrogens is 366 g/mol. The zero-order valence-electron chi connectivity index (χ0n) is 17.3. The fraction of sp³-hybridized carbons (Fsp3) is 0.391. The number of methoxy groups -OCH3 is 1. The maximum atomic E-state index is 12.9. The molecule has 6 heteroatoms. The van der Waals surface area contributed by atoms with Crippen LogP contribution in [0.3, 0.4) is 0 Å². The summed E-state index contributed by atoms with van der Waals surface area (Å²) in [6.45, 7) is 4.86. The fourth-order valence-corrected chi connectivity index (χ4v) is 3.66. The van der Waals surface area contributed by atoms with Crippen molar-refractivity contribution in [2.24, 2.45) is 5.92 Å². The van der Waals surface area contributed by atoms with Gasteiger partial charge in [-0.2, -0.15) is 0 Å². The van der Waals surface area contributed by atoms with Gasteiger partial charge in [0, 0.05) is 23.7 Å². The summed E-state index contributed by atoms with van der Waals surface area (Å²) in [6, 6.07) is 14.6. The number of nitrogens with two attached hydrogens (primary N) is 1. The summed E-state index contributed by atoms with van der Waals surface area (Å²) >= 11 is 0. The van der Waals surface area contributed by atoms with Gasteiger partial charge in [0.15, 0.2) is 6.04 Å². The number of nitrogens with one attached hydrogen (secondary N) is 2. The van der Waals surface area contributed by atoms with Gasteiger partial charge in [0.25, 0.3) is 5.91 Å². The molecule has 0 bridgehead atoms. The normalized spacial score (nSPS) is 16.6. The third-order valence-corrected chi connectivity index (χ3v) is 5.19. The van der Waals surface area contributed by atoms with Crippen molar-refractivity contribution in [2.45, 2.75) is 45.3 Å². The van der Waals surface area contributed by atoms with E-state index in [1.807, 2.05) is 43.4 Å². The number of hydrogen-bond acceptors (Lipinski definition) is 3. The molecule has 3 rings (SSSR count). The van der Waals surface area contributed by atoms with Crippen molar-refractivity contribution in [3.8, 4) is 5.75 Å². The van der Waals surface area contributed by atoms with Gasteiger partial charge < -0.3 is 20.7 Å². The lowest BCUT2D eigenvalue weighted by atomic mass is 9.95. The van der Waals surface area contributed by atoms with E-state index in [-0.39, 0.29) is 23.8 Å². The second kappa shape index (κ2) is 9.56. The van der Waals surface area contributed by atoms with Crippen LogP contribution in [0.2, 0.25) is 0 Å². The molecule has 1 aliphatic rings. The molecule has 6 nitrogen and oxygen atoms in total. The van der Waals surface area contributed by atoms with E-state index in [4.69, 9.17) is 4.74 Å². The molecule has 0 radical (unpaired) electrons. The molecular formula is C23H30N3O3+. The molecule has 2 aromatic carbocycles. The molecule has 0 fully saturated rings. The Morgan fingerprint density at radius 2 is 1.90 bits per heavy atom. The molecule has 29 heavy (non-hydrogen) atoms. The van der Waals surface area contributed by atoms with Crippen LogP contribution in [-0.4, -0.2) is 31.0 Å². The minimum absolute atomic E-state index is 0.0917. The Balaban J connectivity index is 1.66. The van der Waals surface area contributed by atoms with Gasteiger partial charge in [-0.1, -0.05) is 44.2 Å². The van der Waals surface area contributed by atoms with Crippen molar-refractivity contribution < 1.29 is 19.6 Å². The molecule has 154 valence electrons. The largest absolute Gasteiger partial charge is 0.497 e. The minimum atomic E-state index is -0.584. The maximum Gasteiger partial charge on any atom is 0.279 e. The van der Waals surface area contributed by atoms with E-state index in [0.29, 0.717) is 24.3 Å². The van der Waals surface area contributed by atoms with Gasteiger partial charge in [-0.25, -0.2) is 0 Å². The van der Waals surface area contributed by atoms with E-state index in [1.54, 1.807) is 19.2 Å². The summed E-state index contributed by atoms with van der Waals surface area (Å²) in [5, 5.41) is 7.93. The van der Waals surface area contributed by atoms with E-state index in [1.165, 1.54) is 11.1 Å². The van der Waals surface area contributed by atoms with Gasteiger partial charge in [0.05, 0.1) is 7.11 Å². The van der Waals surface area contributed by atoms with Gasteiger partial charge >= 0.3 is 0 Å². The Hall–Kier alpha value is -2.86. The summed E-state index contributed by atoms with van der Waals surface area (Å²) < 4.78 is 5.21. The van der Waals surface area contributed by atoms with Gasteiger partial charge in [-0.05, 0) is 30.0 Å². The number of carbonyl (C=O) groups excluding carboxylic acids is 2. The van der Waals surface area contributed by atoms with Crippen LogP contribution in [0, 0.1) is 5.92 Å². The Labute approximate surface area is 172 Å². The zero-order chi connectivity index (χ0) is 20.8. The van der Waals surface area contributed by atoms with Crippen LogP contribution < -0.4 is 20.7 Å². The Morgan fingerprint density at radius 1 is 1.14 bits per heavy atom. The quantitative estimate of drug-likeness (QED) is 0.668. The van der Waals surface area contributed by atoms with Crippen LogP contribution in [0.4, 0.5) is 5.69 Å². The summed E-state index contributed by atoms with van der Waals surface area (Å²) in [4.78, 5) is 25.8. The highest BCUT2D eigenvalue weighted by molar-refractivity contribution is 5.97. The van der Waals surface area contributed by atoms with E-state index < -0.39 is 6.04 Å². The summed E-state index contributed by atoms with van der Waals surface area (Å²) in [5.74, 6) is 0.637. The summed E-state index contributed by atoms with van der Waals surface area (Å²) in [7, 11) is 1.58. The lowest BCUT2D eigenvalue weighted by Crippen LogP contribution is -2.93. The molecule has 0 aromatic heterocycles. The van der Waals surface area contributed by atoms with E-state index in [0.717, 1.165) is 6.54 Å². The molecule has 2 atom stereocenters. The number of hydrogen-bond donors (Lipinski definition) is 3. The van der Waals surface area contributed by atoms with Crippen molar-refractivity contribution in [1.82, 2.24) is 5.32 Å². The van der Waals surface area contributed by atoms with Crippen LogP contribution in [0.1, 0.15) is 31.4 Å². The van der Waals surface area contributed by atoms with Gasteiger partial charge in [0.1, 0.15) is 18.3 Å². The predicted octanol–water partition coefficient (Wildman–Crippen LogP) is 1.85. The lowest BCUT2D eigenvalue weighted by molar-refractivity contribution is -0.695. The highest BCUT2D eigenvalue weighted by atomic mass is 16.5. The first kappa shape index (κ1) is 20.9. The second-order valence-electron chi connectivity index (χ2n) is 7.93. The molecule has 0 saturated carbocycles. The van der Waals surface area contributed by atoms with Crippen LogP contribution in [0.25, 0.3) is 0 Å². The Kier molecular flexibility index (Phi) is 6.88. The van der Waals surface area contributed by atoms with E-state index >= 15 is 0 Å². The molecule has 0 saturated heterocycles. The number of anilines is 1. The van der Waals surface area contributed by atoms with Gasteiger partial charge in [0.2, 0.25) is 5.91 Å². The monoisotopic (exact) mass is 396 g/mol. The maximum absolute atomic E-state index is 12.9. The Bertz CT molecular complexity index is 866. The molecule has 2 aromatic rings. The number of quaternary nitrogens is 1. The van der Waals surface area contributed by atoms with Crippen LogP contribution in [0.5, 0.6) is 5.75 Å². The first-order chi connectivity index (χ1) is 14.0. The SMILES string of the molecule is COc1cccc(NC(=O)[C@H](CC(C)C)NC(=O)[C@@H]2Cc3ccccc3C[NH2+]2)c1. The highest BCUT2D eigenvalue weighted by Crippen LogP contribution is 2.18. The molecule has 0 spiro atoms. The lowest BCUT2D eigenvalue weighted by Gasteiger charge is -2.25. The second-order valence-corrected chi connectivity index (χ2v) is 7.93. The van der Waals surface area contributed by atoms with Crippen LogP contribution in [0.15, 0.2) is 48.5 Å². The summed E-state index contributed by atoms with van der Waals surface area (Å²) in [6.07, 6.45) is 1.25. The minimum Gasteiger partial charge on any atom is -0.497 e. The predicted molar refractivity (Wildman–Crippen MR) is 113 cm³/mol. The van der Waals surface area contributed by atoms with Crippen molar-refractivity contribution in [3.05, 3.63) is 59.7 Å². The average Bonchev–Trinajstić information content (AvgIpc) is 2.72. The molecule has 0 aliphatic carbocycles. The van der Waals surface area contributed by atoms with E-state index in [2.05, 4.69) is 22.8 Å². The van der Waals surface area contributed by atoms with Crippen molar-refractivity contribution >= 4 is 17.5 Å². The number of ether oxygens (including phenoxy) is 1. The molecule has 2 amide bonds. The van der Waals surface area contributed by atoms with Gasteiger partial charge in [-0.3, -0.25) is 9.59 Å². The average molecular weight is 397 g/mol. The van der Waals surface area contributed by atoms with E-state index in [9.17, 15) is 9.59 Å². The Morgan fingerprint density at radius 3 is 2.62 bits per heavy atom. The first-order valence-corrected chi connectivity index (χ1v) is 10.1. The van der Waals surface area contributed by atoms with Gasteiger partial charge in [-0.15, -0.1) is 0 Å². The summed E-state index contributed by atoms with van der Waals surface area (Å²) in [5.41, 5.74) is 3.12. The standard InChI is InChI=1S/C23H29N3O3/c1-15(2)11-21(23(28)25-18-9-6-10-19(13-18)29-3)26-22(27)20-12-16-7-4-5-8-17(16)14-24-20/h4-10,13,15,20-21,24H,11-12,14H2,1-3H3,(H,25,28)(H,26,27)/p+1/t20-,21-/m0/s1.